The van der Waals surface area contributed by atoms with E-state index >= 15 is 0 Å². The Morgan fingerprint density at radius 2 is 2.38 bits per heavy atom. The Balaban J connectivity index is 2.71. The van der Waals surface area contributed by atoms with Crippen molar-refractivity contribution in [3.8, 4) is 0 Å². The summed E-state index contributed by atoms with van der Waals surface area (Å²) < 4.78 is 1.06. The summed E-state index contributed by atoms with van der Waals surface area (Å²) >= 11 is 2.18. The van der Waals surface area contributed by atoms with E-state index in [1.165, 1.54) is 0 Å². The molecule has 0 bridgehead atoms. The van der Waals surface area contributed by atoms with Crippen LogP contribution in [0.25, 0.3) is 0 Å². The van der Waals surface area contributed by atoms with Crippen molar-refractivity contribution in [2.75, 3.05) is 6.54 Å². The first-order valence-corrected chi connectivity index (χ1v) is 4.96. The molecule has 2 nitrogen and oxygen atoms in total. The number of carbonyl (C=O) groups excluding carboxylic acids is 1. The van der Waals surface area contributed by atoms with Crippen LogP contribution in [0.2, 0.25) is 0 Å². The predicted molar refractivity (Wildman–Crippen MR) is 61.7 cm³/mol. The highest BCUT2D eigenvalue weighted by Gasteiger charge is 2.02. The van der Waals surface area contributed by atoms with Crippen LogP contribution in [-0.4, -0.2) is 12.5 Å². The van der Waals surface area contributed by atoms with Crippen LogP contribution in [0.5, 0.6) is 0 Å². The summed E-state index contributed by atoms with van der Waals surface area (Å²) in [5, 5.41) is 2.72. The highest BCUT2D eigenvalue weighted by Crippen LogP contribution is 2.07. The molecule has 13 heavy (non-hydrogen) atoms. The lowest BCUT2D eigenvalue weighted by molar-refractivity contribution is 0.0958. The number of carbonyl (C=O) groups is 1. The largest absolute Gasteiger partial charge is 0.349 e. The van der Waals surface area contributed by atoms with Crippen molar-refractivity contribution in [2.24, 2.45) is 0 Å². The van der Waals surface area contributed by atoms with E-state index in [1.807, 2.05) is 18.2 Å². The van der Waals surface area contributed by atoms with Crippen molar-refractivity contribution >= 4 is 28.5 Å². The number of hydrogen-bond acceptors (Lipinski definition) is 1. The molecule has 68 valence electrons. The van der Waals surface area contributed by atoms with Crippen LogP contribution in [0, 0.1) is 3.57 Å². The molecule has 1 amide bonds. The molecule has 0 aromatic heterocycles. The van der Waals surface area contributed by atoms with Crippen LogP contribution in [0.15, 0.2) is 36.9 Å². The summed E-state index contributed by atoms with van der Waals surface area (Å²) in [5.74, 6) is -0.0570. The zero-order chi connectivity index (χ0) is 9.68. The SMILES string of the molecule is C=CCNC(=O)c1cccc(I)c1. The summed E-state index contributed by atoms with van der Waals surface area (Å²) in [4.78, 5) is 11.4. The zero-order valence-corrected chi connectivity index (χ0v) is 9.24. The van der Waals surface area contributed by atoms with Gasteiger partial charge in [0.05, 0.1) is 0 Å². The van der Waals surface area contributed by atoms with Gasteiger partial charge in [0.15, 0.2) is 0 Å². The van der Waals surface area contributed by atoms with Gasteiger partial charge in [0, 0.05) is 15.7 Å². The summed E-state index contributed by atoms with van der Waals surface area (Å²) in [6.45, 7) is 4.03. The molecule has 0 aliphatic carbocycles. The van der Waals surface area contributed by atoms with E-state index in [-0.39, 0.29) is 5.91 Å². The van der Waals surface area contributed by atoms with E-state index in [2.05, 4.69) is 34.5 Å². The van der Waals surface area contributed by atoms with Gasteiger partial charge in [-0.25, -0.2) is 0 Å². The number of benzene rings is 1. The third-order valence-electron chi connectivity index (χ3n) is 1.49. The molecule has 0 fully saturated rings. The average molecular weight is 287 g/mol. The van der Waals surface area contributed by atoms with Gasteiger partial charge in [0.2, 0.25) is 0 Å². The van der Waals surface area contributed by atoms with Crippen LogP contribution >= 0.6 is 22.6 Å². The van der Waals surface area contributed by atoms with E-state index in [4.69, 9.17) is 0 Å². The molecule has 0 heterocycles. The van der Waals surface area contributed by atoms with Crippen LogP contribution in [-0.2, 0) is 0 Å². The molecule has 0 saturated carbocycles. The van der Waals surface area contributed by atoms with Crippen molar-refractivity contribution < 1.29 is 4.79 Å². The normalized spacial score (nSPS) is 9.31. The van der Waals surface area contributed by atoms with Crippen LogP contribution in [0.1, 0.15) is 10.4 Å². The fourth-order valence-electron chi connectivity index (χ4n) is 0.897. The Hall–Kier alpha value is -0.840. The van der Waals surface area contributed by atoms with E-state index in [9.17, 15) is 4.79 Å². The standard InChI is InChI=1S/C10H10INO/c1-2-6-12-10(13)8-4-3-5-9(11)7-8/h2-5,7H,1,6H2,(H,12,13). The number of nitrogens with one attached hydrogen (secondary N) is 1. The summed E-state index contributed by atoms with van der Waals surface area (Å²) in [5.41, 5.74) is 0.689. The Morgan fingerprint density at radius 1 is 1.62 bits per heavy atom. The second-order valence-electron chi connectivity index (χ2n) is 2.51. The minimum Gasteiger partial charge on any atom is -0.349 e. The topological polar surface area (TPSA) is 29.1 Å². The maximum atomic E-state index is 11.4. The molecule has 0 aliphatic heterocycles. The average Bonchev–Trinajstić information content (AvgIpc) is 2.14. The Morgan fingerprint density at radius 3 is 3.00 bits per heavy atom. The van der Waals surface area contributed by atoms with Crippen LogP contribution in [0.4, 0.5) is 0 Å². The summed E-state index contributed by atoms with van der Waals surface area (Å²) in [6, 6.07) is 7.45. The molecule has 1 aromatic carbocycles. The second kappa shape index (κ2) is 5.01. The molecular formula is C10H10INO. The monoisotopic (exact) mass is 287 g/mol. The molecule has 0 spiro atoms. The van der Waals surface area contributed by atoms with Gasteiger partial charge in [-0.1, -0.05) is 12.1 Å². The van der Waals surface area contributed by atoms with Crippen molar-refractivity contribution in [3.63, 3.8) is 0 Å². The van der Waals surface area contributed by atoms with Gasteiger partial charge < -0.3 is 5.32 Å². The maximum absolute atomic E-state index is 11.4. The maximum Gasteiger partial charge on any atom is 0.251 e. The number of halogens is 1. The molecule has 0 unspecified atom stereocenters. The predicted octanol–water partition coefficient (Wildman–Crippen LogP) is 2.21. The molecule has 0 aliphatic rings. The van der Waals surface area contributed by atoms with Crippen molar-refractivity contribution in [3.05, 3.63) is 46.1 Å². The molecular weight excluding hydrogens is 277 g/mol. The molecule has 1 aromatic rings. The van der Waals surface area contributed by atoms with Crippen LogP contribution < -0.4 is 5.32 Å². The minimum absolute atomic E-state index is 0.0570. The van der Waals surface area contributed by atoms with Gasteiger partial charge in [-0.05, 0) is 40.8 Å². The molecule has 3 heteroatoms. The smallest absolute Gasteiger partial charge is 0.251 e. The van der Waals surface area contributed by atoms with Gasteiger partial charge in [0.25, 0.3) is 5.91 Å². The highest BCUT2D eigenvalue weighted by molar-refractivity contribution is 14.1. The number of rotatable bonds is 3. The first kappa shape index (κ1) is 10.2. The Kier molecular flexibility index (Phi) is 3.95. The first-order chi connectivity index (χ1) is 6.24. The van der Waals surface area contributed by atoms with E-state index < -0.39 is 0 Å². The third kappa shape index (κ3) is 3.18. The van der Waals surface area contributed by atoms with Crippen molar-refractivity contribution in [1.29, 1.82) is 0 Å². The molecule has 1 rings (SSSR count). The fraction of sp³-hybridized carbons (Fsp3) is 0.100. The van der Waals surface area contributed by atoms with Gasteiger partial charge in [0.1, 0.15) is 0 Å². The van der Waals surface area contributed by atoms with Crippen molar-refractivity contribution in [1.82, 2.24) is 5.32 Å². The Labute approximate surface area is 91.2 Å². The first-order valence-electron chi connectivity index (χ1n) is 3.88. The van der Waals surface area contributed by atoms with Gasteiger partial charge in [-0.3, -0.25) is 4.79 Å². The van der Waals surface area contributed by atoms with Gasteiger partial charge >= 0.3 is 0 Å². The highest BCUT2D eigenvalue weighted by atomic mass is 127. The third-order valence-corrected chi connectivity index (χ3v) is 2.16. The molecule has 0 saturated heterocycles. The second-order valence-corrected chi connectivity index (χ2v) is 3.75. The Bertz CT molecular complexity index is 322. The lowest BCUT2D eigenvalue weighted by Gasteiger charge is -2.01. The molecule has 1 N–H and O–H groups in total. The lowest BCUT2D eigenvalue weighted by atomic mass is 10.2. The van der Waals surface area contributed by atoms with Gasteiger partial charge in [-0.2, -0.15) is 0 Å². The quantitative estimate of drug-likeness (QED) is 0.670. The van der Waals surface area contributed by atoms with Crippen molar-refractivity contribution in [2.45, 2.75) is 0 Å². The molecule has 0 atom stereocenters. The fourth-order valence-corrected chi connectivity index (χ4v) is 1.44. The minimum atomic E-state index is -0.0570. The van der Waals surface area contributed by atoms with E-state index in [0.717, 1.165) is 3.57 Å². The van der Waals surface area contributed by atoms with E-state index in [1.54, 1.807) is 12.1 Å². The van der Waals surface area contributed by atoms with Gasteiger partial charge in [-0.15, -0.1) is 6.58 Å². The number of amides is 1. The zero-order valence-electron chi connectivity index (χ0n) is 7.09. The summed E-state index contributed by atoms with van der Waals surface area (Å²) in [6.07, 6.45) is 1.66. The van der Waals surface area contributed by atoms with Crippen LogP contribution in [0.3, 0.4) is 0 Å². The van der Waals surface area contributed by atoms with E-state index in [0.29, 0.717) is 12.1 Å². The lowest BCUT2D eigenvalue weighted by Crippen LogP contribution is -2.23. The molecule has 0 radical (unpaired) electrons. The summed E-state index contributed by atoms with van der Waals surface area (Å²) in [7, 11) is 0. The number of hydrogen-bond donors (Lipinski definition) is 1.